The maximum atomic E-state index is 12.5. The first-order valence-corrected chi connectivity index (χ1v) is 30.6. The van der Waals surface area contributed by atoms with Crippen LogP contribution in [-0.2, 0) is 38.6 Å². The number of methoxy groups -OCH3 is 2. The molecule has 22 heteroatoms. The molecule has 3 aliphatic rings. The molecule has 9 rings (SSSR count). The first-order valence-electron chi connectivity index (χ1n) is 24.8. The molecular formula is C57H67ClKN3O14S3. The van der Waals surface area contributed by atoms with Gasteiger partial charge in [0.2, 0.25) is 29.1 Å². The molecule has 0 aliphatic heterocycles. The molecule has 6 aromatic carbocycles. The predicted octanol–water partition coefficient (Wildman–Crippen LogP) is 7.79. The largest absolute Gasteiger partial charge is 1.00 e. The van der Waals surface area contributed by atoms with Crippen molar-refractivity contribution < 1.29 is 116 Å². The summed E-state index contributed by atoms with van der Waals surface area (Å²) < 4.78 is 84.8. The number of esters is 2. The molecule has 6 aromatic rings. The van der Waals surface area contributed by atoms with Crippen molar-refractivity contribution in [1.82, 2.24) is 0 Å². The molecule has 0 spiro atoms. The number of hydrogen-bond acceptors (Lipinski definition) is 14. The Balaban J connectivity index is 0.000000284. The molecule has 0 amide bonds. The zero-order valence-electron chi connectivity index (χ0n) is 44.6. The third-order valence-corrected chi connectivity index (χ3v) is 17.1. The molecule has 0 bridgehead atoms. The van der Waals surface area contributed by atoms with Crippen LogP contribution in [0.25, 0.3) is 33.4 Å². The Morgan fingerprint density at radius 3 is 1.13 bits per heavy atom. The summed E-state index contributed by atoms with van der Waals surface area (Å²) in [5.41, 5.74) is 12.7. The maximum absolute atomic E-state index is 12.5. The molecule has 0 heterocycles. The van der Waals surface area contributed by atoms with Crippen molar-refractivity contribution in [3.05, 3.63) is 162 Å². The molecule has 0 unspecified atom stereocenters. The van der Waals surface area contributed by atoms with Crippen LogP contribution in [0.5, 0.6) is 0 Å². The van der Waals surface area contributed by atoms with Crippen LogP contribution in [0.4, 0.5) is 17.1 Å². The Morgan fingerprint density at radius 2 is 0.823 bits per heavy atom. The second-order valence-electron chi connectivity index (χ2n) is 18.6. The van der Waals surface area contributed by atoms with Crippen molar-refractivity contribution in [1.29, 1.82) is 0 Å². The van der Waals surface area contributed by atoms with Crippen LogP contribution in [0, 0.1) is 17.8 Å². The van der Waals surface area contributed by atoms with Gasteiger partial charge in [0.1, 0.15) is 0 Å². The molecule has 0 radical (unpaired) electrons. The number of aliphatic hydroxyl groups is 1. The molecule has 0 atom stereocenters. The number of rotatable bonds is 16. The number of carbonyl (C=O) groups excluding carboxylic acids is 2. The number of nitrogens with one attached hydrogen (secondary N) is 2. The molecule has 3 saturated carbocycles. The smallest absolute Gasteiger partial charge is 0.870 e. The summed E-state index contributed by atoms with van der Waals surface area (Å²) in [6.07, 6.45) is 9.08. The molecule has 3 fully saturated rings. The number of carboxylic acid groups (broad SMARTS) is 1. The SMILES string of the molecule is CO.COC(=O)c1ccc(-c2ccccc2)cc1N.COC(=O)c1ccc(-c2ccccc2)cc1NS(=O)(=O)CC1CCC1.O=C(O)c1ccc(-c2ccccc2)cc1NS(=O)(=O)CC1CCC1.O=S(=O)(Cl)CC1CCC1.[K+].[OH-]. The molecule has 0 aromatic heterocycles. The van der Waals surface area contributed by atoms with Gasteiger partial charge in [0.05, 0.1) is 59.5 Å². The van der Waals surface area contributed by atoms with Gasteiger partial charge in [0.15, 0.2) is 0 Å². The van der Waals surface area contributed by atoms with Gasteiger partial charge in [-0.2, -0.15) is 0 Å². The van der Waals surface area contributed by atoms with E-state index in [1.54, 1.807) is 42.5 Å². The second kappa shape index (κ2) is 32.9. The Hall–Kier alpha value is -5.17. The monoisotopic (exact) mass is 1190 g/mol. The fourth-order valence-corrected chi connectivity index (χ4v) is 12.8. The number of anilines is 3. The van der Waals surface area contributed by atoms with E-state index in [9.17, 15) is 44.7 Å². The number of ether oxygens (including phenoxy) is 2. The van der Waals surface area contributed by atoms with Crippen molar-refractivity contribution in [3.63, 3.8) is 0 Å². The fraction of sp³-hybridized carbons (Fsp3) is 0.316. The number of carbonyl (C=O) groups is 3. The Labute approximate surface area is 510 Å². The number of carboxylic acids is 1. The van der Waals surface area contributed by atoms with E-state index in [-0.39, 0.29) is 108 Å². The zero-order chi connectivity index (χ0) is 56.2. The van der Waals surface area contributed by atoms with Crippen LogP contribution in [0.15, 0.2) is 146 Å². The van der Waals surface area contributed by atoms with Gasteiger partial charge in [0.25, 0.3) is 0 Å². The summed E-state index contributed by atoms with van der Waals surface area (Å²) in [5, 5.41) is 16.3. The van der Waals surface area contributed by atoms with Crippen LogP contribution in [0.2, 0.25) is 0 Å². The van der Waals surface area contributed by atoms with Crippen LogP contribution in [0.3, 0.4) is 0 Å². The van der Waals surface area contributed by atoms with Gasteiger partial charge in [-0.1, -0.05) is 128 Å². The van der Waals surface area contributed by atoms with Crippen LogP contribution in [0.1, 0.15) is 88.9 Å². The van der Waals surface area contributed by atoms with E-state index < -0.39 is 47.0 Å². The third kappa shape index (κ3) is 22.0. The zero-order valence-corrected chi connectivity index (χ0v) is 50.9. The number of benzene rings is 6. The number of sulfonamides is 2. The van der Waals surface area contributed by atoms with Crippen molar-refractivity contribution in [2.45, 2.75) is 57.8 Å². The summed E-state index contributed by atoms with van der Waals surface area (Å²) in [4.78, 5) is 34.8. The first kappa shape index (κ1) is 68.1. The minimum Gasteiger partial charge on any atom is -0.870 e. The molecular weight excluding hydrogens is 1120 g/mol. The van der Waals surface area contributed by atoms with Gasteiger partial charge < -0.3 is 30.9 Å². The number of nitrogens with two attached hydrogens (primary N) is 1. The molecule has 420 valence electrons. The average Bonchev–Trinajstić information content (AvgIpc) is 3.38. The van der Waals surface area contributed by atoms with E-state index in [4.69, 9.17) is 26.3 Å². The second-order valence-corrected chi connectivity index (χ2v) is 24.9. The number of nitrogen functional groups attached to an aromatic ring is 1. The summed E-state index contributed by atoms with van der Waals surface area (Å²) in [6.45, 7) is 0. The molecule has 17 nitrogen and oxygen atoms in total. The Morgan fingerprint density at radius 1 is 0.506 bits per heavy atom. The Kier molecular flexibility index (Phi) is 28.4. The summed E-state index contributed by atoms with van der Waals surface area (Å²) >= 11 is 0. The van der Waals surface area contributed by atoms with E-state index in [2.05, 4.69) is 14.2 Å². The Bertz CT molecular complexity index is 3260. The topological polar surface area (TPSA) is 293 Å². The number of aromatic carboxylic acids is 1. The van der Waals surface area contributed by atoms with Crippen molar-refractivity contribution in [2.24, 2.45) is 17.8 Å². The van der Waals surface area contributed by atoms with Gasteiger partial charge >= 0.3 is 69.3 Å². The first-order chi connectivity index (χ1) is 36.7. The van der Waals surface area contributed by atoms with Gasteiger partial charge in [-0.05, 0) is 126 Å². The van der Waals surface area contributed by atoms with Gasteiger partial charge in [-0.15, -0.1) is 0 Å². The van der Waals surface area contributed by atoms with Crippen molar-refractivity contribution in [2.75, 3.05) is 53.8 Å². The maximum Gasteiger partial charge on any atom is 1.00 e. The standard InChI is InChI=1S/C19H21NO4S.C18H19NO4S.C14H13NO2.C5H9ClO2S.CH4O.K.H2O/c1-24-19(21)17-11-10-16(15-8-3-2-4-9-15)12-18(17)20-25(22,23)13-14-6-5-7-14;20-18(21)16-10-9-15(14-7-2-1-3-8-14)11-17(16)19-24(22,23)12-13-5-4-6-13;1-17-14(16)12-8-7-11(9-13(12)15)10-5-3-2-4-6-10;6-9(7,8)4-5-2-1-3-5;1-2;;/h2-4,8-12,14,20H,5-7,13H2,1H3;1-3,7-11,13,19H,4-6,12H2,(H,20,21);2-9H,15H2,1H3;5H,1-4H2;2H,1H3;;1H2/q;;;;;+1;/p-1. The molecule has 79 heavy (non-hydrogen) atoms. The normalized spacial score (nSPS) is 13.8. The summed E-state index contributed by atoms with van der Waals surface area (Å²) in [5.74, 6) is -1.10. The van der Waals surface area contributed by atoms with Gasteiger partial charge in [-0.25, -0.2) is 39.6 Å². The van der Waals surface area contributed by atoms with E-state index in [1.807, 2.05) is 97.1 Å². The van der Waals surface area contributed by atoms with Gasteiger partial charge in [0, 0.05) is 23.5 Å². The van der Waals surface area contributed by atoms with Crippen LogP contribution < -0.4 is 66.6 Å². The predicted molar refractivity (Wildman–Crippen MR) is 306 cm³/mol. The van der Waals surface area contributed by atoms with E-state index in [1.165, 1.54) is 20.3 Å². The van der Waals surface area contributed by atoms with E-state index in [0.29, 0.717) is 17.2 Å². The minimum absolute atomic E-state index is 0. The summed E-state index contributed by atoms with van der Waals surface area (Å²) in [7, 11) is -1.66. The quantitative estimate of drug-likeness (QED) is 0.0267. The number of halogens is 1. The third-order valence-electron chi connectivity index (χ3n) is 13.0. The number of hydrogen-bond donors (Lipinski definition) is 5. The van der Waals surface area contributed by atoms with Crippen molar-refractivity contribution in [3.8, 4) is 33.4 Å². The van der Waals surface area contributed by atoms with Crippen LogP contribution >= 0.6 is 10.7 Å². The van der Waals surface area contributed by atoms with Crippen LogP contribution in [-0.4, -0.2) is 97.4 Å². The number of aliphatic hydroxyl groups excluding tert-OH is 1. The molecule has 3 aliphatic carbocycles. The fourth-order valence-electron chi connectivity index (χ4n) is 8.32. The van der Waals surface area contributed by atoms with E-state index >= 15 is 0 Å². The average molecular weight is 1190 g/mol. The van der Waals surface area contributed by atoms with Crippen molar-refractivity contribution >= 4 is 74.7 Å². The van der Waals surface area contributed by atoms with Gasteiger partial charge in [-0.3, -0.25) is 9.44 Å². The molecule has 0 saturated heterocycles. The van der Waals surface area contributed by atoms with E-state index in [0.717, 1.165) is 98.3 Å². The molecule has 7 N–H and O–H groups in total. The summed E-state index contributed by atoms with van der Waals surface area (Å²) in [6, 6.07) is 43.9. The minimum atomic E-state index is -3.56.